The zero-order chi connectivity index (χ0) is 18.2. The van der Waals surface area contributed by atoms with E-state index >= 15 is 0 Å². The number of carbonyl (C=O) groups excluding carboxylic acids is 1. The van der Waals surface area contributed by atoms with Crippen LogP contribution in [0.5, 0.6) is 0 Å². The minimum absolute atomic E-state index is 0.0476. The molecule has 0 saturated carbocycles. The number of nitrogens with zero attached hydrogens (tertiary/aromatic N) is 1. The maximum Gasteiger partial charge on any atom is 0.319 e. The van der Waals surface area contributed by atoms with E-state index < -0.39 is 0 Å². The molecule has 0 saturated heterocycles. The van der Waals surface area contributed by atoms with Crippen LogP contribution in [0.4, 0.5) is 16.2 Å². The number of benzene rings is 2. The van der Waals surface area contributed by atoms with E-state index in [1.54, 1.807) is 0 Å². The summed E-state index contributed by atoms with van der Waals surface area (Å²) in [6.45, 7) is 4.85. The highest BCUT2D eigenvalue weighted by molar-refractivity contribution is 5.89. The highest BCUT2D eigenvalue weighted by Crippen LogP contribution is 2.19. The first-order valence-corrected chi connectivity index (χ1v) is 8.56. The molecule has 3 N–H and O–H groups in total. The Morgan fingerprint density at radius 2 is 1.80 bits per heavy atom. The average Bonchev–Trinajstić information content (AvgIpc) is 2.61. The van der Waals surface area contributed by atoms with Crippen molar-refractivity contribution in [3.05, 3.63) is 59.7 Å². The molecule has 0 heterocycles. The second-order valence-corrected chi connectivity index (χ2v) is 6.36. The van der Waals surface area contributed by atoms with Gasteiger partial charge in [0.1, 0.15) is 0 Å². The Kier molecular flexibility index (Phi) is 6.83. The zero-order valence-corrected chi connectivity index (χ0v) is 15.1. The smallest absolute Gasteiger partial charge is 0.319 e. The Labute approximate surface area is 149 Å². The van der Waals surface area contributed by atoms with Crippen molar-refractivity contribution < 1.29 is 9.90 Å². The number of aliphatic hydroxyl groups excluding tert-OH is 1. The Bertz CT molecular complexity index is 684. The Morgan fingerprint density at radius 3 is 2.44 bits per heavy atom. The molecule has 5 heteroatoms. The van der Waals surface area contributed by atoms with E-state index in [1.165, 1.54) is 0 Å². The fraction of sp³-hybridized carbons (Fsp3) is 0.350. The molecule has 134 valence electrons. The standard InChI is InChI=1S/C20H27N3O2/c1-15(2)23(3)19-6-4-5-18(13-19)22-20(25)21-12-11-16-7-9-17(14-24)10-8-16/h4-10,13,15,24H,11-12,14H2,1-3H3,(H2,21,22,25). The lowest BCUT2D eigenvalue weighted by Crippen LogP contribution is -2.30. The van der Waals surface area contributed by atoms with Crippen molar-refractivity contribution in [3.8, 4) is 0 Å². The number of amides is 2. The monoisotopic (exact) mass is 341 g/mol. The second kappa shape index (κ2) is 9.08. The minimum atomic E-state index is -0.212. The van der Waals surface area contributed by atoms with Crippen LogP contribution in [0.15, 0.2) is 48.5 Å². The molecule has 2 rings (SSSR count). The predicted molar refractivity (Wildman–Crippen MR) is 103 cm³/mol. The summed E-state index contributed by atoms with van der Waals surface area (Å²) in [7, 11) is 2.03. The molecule has 25 heavy (non-hydrogen) atoms. The molecule has 2 amide bonds. The first-order valence-electron chi connectivity index (χ1n) is 8.56. The van der Waals surface area contributed by atoms with Crippen LogP contribution in [0.3, 0.4) is 0 Å². The fourth-order valence-corrected chi connectivity index (χ4v) is 2.41. The normalized spacial score (nSPS) is 10.6. The maximum atomic E-state index is 12.0. The van der Waals surface area contributed by atoms with E-state index in [0.717, 1.165) is 28.9 Å². The van der Waals surface area contributed by atoms with Crippen LogP contribution in [0.1, 0.15) is 25.0 Å². The van der Waals surface area contributed by atoms with Crippen molar-refractivity contribution >= 4 is 17.4 Å². The van der Waals surface area contributed by atoms with Crippen LogP contribution in [0.2, 0.25) is 0 Å². The molecule has 2 aromatic rings. The molecule has 0 atom stereocenters. The minimum Gasteiger partial charge on any atom is -0.392 e. The number of anilines is 2. The summed E-state index contributed by atoms with van der Waals surface area (Å²) in [4.78, 5) is 14.2. The van der Waals surface area contributed by atoms with Gasteiger partial charge in [-0.05, 0) is 49.6 Å². The summed E-state index contributed by atoms with van der Waals surface area (Å²) in [5.41, 5.74) is 3.85. The van der Waals surface area contributed by atoms with Gasteiger partial charge < -0.3 is 20.6 Å². The van der Waals surface area contributed by atoms with Crippen molar-refractivity contribution in [2.24, 2.45) is 0 Å². The quantitative estimate of drug-likeness (QED) is 0.723. The summed E-state index contributed by atoms with van der Waals surface area (Å²) in [5.74, 6) is 0. The molecule has 0 aromatic heterocycles. The molecule has 0 fully saturated rings. The molecular formula is C20H27N3O2. The molecule has 0 radical (unpaired) electrons. The molecule has 0 unspecified atom stereocenters. The second-order valence-electron chi connectivity index (χ2n) is 6.36. The number of hydrogen-bond acceptors (Lipinski definition) is 3. The van der Waals surface area contributed by atoms with Gasteiger partial charge in [-0.15, -0.1) is 0 Å². The Balaban J connectivity index is 1.82. The fourth-order valence-electron chi connectivity index (χ4n) is 2.41. The predicted octanol–water partition coefficient (Wildman–Crippen LogP) is 3.39. The lowest BCUT2D eigenvalue weighted by Gasteiger charge is -2.24. The van der Waals surface area contributed by atoms with Crippen LogP contribution < -0.4 is 15.5 Å². The third-order valence-electron chi connectivity index (χ3n) is 4.19. The highest BCUT2D eigenvalue weighted by atomic mass is 16.3. The van der Waals surface area contributed by atoms with Crippen molar-refractivity contribution in [3.63, 3.8) is 0 Å². The molecule has 0 spiro atoms. The first-order chi connectivity index (χ1) is 12.0. The van der Waals surface area contributed by atoms with Gasteiger partial charge in [-0.2, -0.15) is 0 Å². The first kappa shape index (κ1) is 18.8. The molecule has 0 aliphatic carbocycles. The SMILES string of the molecule is CC(C)N(C)c1cccc(NC(=O)NCCc2ccc(CO)cc2)c1. The highest BCUT2D eigenvalue weighted by Gasteiger charge is 2.07. The van der Waals surface area contributed by atoms with Crippen LogP contribution in [-0.2, 0) is 13.0 Å². The number of carbonyl (C=O) groups is 1. The van der Waals surface area contributed by atoms with Gasteiger partial charge in [-0.1, -0.05) is 30.3 Å². The summed E-state index contributed by atoms with van der Waals surface area (Å²) in [5, 5.41) is 14.8. The third kappa shape index (κ3) is 5.80. The van der Waals surface area contributed by atoms with Crippen LogP contribution in [0, 0.1) is 0 Å². The van der Waals surface area contributed by atoms with E-state index in [9.17, 15) is 4.79 Å². The van der Waals surface area contributed by atoms with Gasteiger partial charge in [-0.25, -0.2) is 4.79 Å². The number of hydrogen-bond donors (Lipinski definition) is 3. The van der Waals surface area contributed by atoms with Gasteiger partial charge in [0.25, 0.3) is 0 Å². The number of aliphatic hydroxyl groups is 1. The molecule has 5 nitrogen and oxygen atoms in total. The van der Waals surface area contributed by atoms with Crippen molar-refractivity contribution in [2.45, 2.75) is 32.9 Å². The number of rotatable bonds is 7. The van der Waals surface area contributed by atoms with Gasteiger partial charge in [0.2, 0.25) is 0 Å². The topological polar surface area (TPSA) is 64.6 Å². The average molecular weight is 341 g/mol. The van der Waals surface area contributed by atoms with E-state index in [2.05, 4.69) is 29.4 Å². The molecule has 0 aliphatic heterocycles. The van der Waals surface area contributed by atoms with Crippen molar-refractivity contribution in [1.29, 1.82) is 0 Å². The molecule has 2 aromatic carbocycles. The lowest BCUT2D eigenvalue weighted by molar-refractivity contribution is 0.252. The van der Waals surface area contributed by atoms with Crippen LogP contribution in [0.25, 0.3) is 0 Å². The van der Waals surface area contributed by atoms with E-state index in [-0.39, 0.29) is 12.6 Å². The molecule has 0 bridgehead atoms. The van der Waals surface area contributed by atoms with Gasteiger partial charge >= 0.3 is 6.03 Å². The summed E-state index contributed by atoms with van der Waals surface area (Å²) in [6, 6.07) is 15.7. The molecule has 0 aliphatic rings. The molecular weight excluding hydrogens is 314 g/mol. The summed E-state index contributed by atoms with van der Waals surface area (Å²) < 4.78 is 0. The Hall–Kier alpha value is -2.53. The Morgan fingerprint density at radius 1 is 1.12 bits per heavy atom. The van der Waals surface area contributed by atoms with Gasteiger partial charge in [0.15, 0.2) is 0 Å². The largest absolute Gasteiger partial charge is 0.392 e. The lowest BCUT2D eigenvalue weighted by atomic mass is 10.1. The van der Waals surface area contributed by atoms with E-state index in [0.29, 0.717) is 12.6 Å². The van der Waals surface area contributed by atoms with Gasteiger partial charge in [-0.3, -0.25) is 0 Å². The third-order valence-corrected chi connectivity index (χ3v) is 4.19. The van der Waals surface area contributed by atoms with Crippen molar-refractivity contribution in [1.82, 2.24) is 5.32 Å². The van der Waals surface area contributed by atoms with E-state index in [4.69, 9.17) is 5.11 Å². The van der Waals surface area contributed by atoms with Crippen molar-refractivity contribution in [2.75, 3.05) is 23.8 Å². The number of nitrogens with one attached hydrogen (secondary N) is 2. The van der Waals surface area contributed by atoms with Gasteiger partial charge in [0, 0.05) is 31.0 Å². The van der Waals surface area contributed by atoms with E-state index in [1.807, 2.05) is 55.6 Å². The van der Waals surface area contributed by atoms with Gasteiger partial charge in [0.05, 0.1) is 6.61 Å². The summed E-state index contributed by atoms with van der Waals surface area (Å²) >= 11 is 0. The number of urea groups is 1. The maximum absolute atomic E-state index is 12.0. The van der Waals surface area contributed by atoms with Crippen LogP contribution >= 0.6 is 0 Å². The summed E-state index contributed by atoms with van der Waals surface area (Å²) in [6.07, 6.45) is 0.745. The zero-order valence-electron chi connectivity index (χ0n) is 15.1. The van der Waals surface area contributed by atoms with Crippen LogP contribution in [-0.4, -0.2) is 30.8 Å².